The molecular weight excluding hydrogens is 1480 g/mol. The summed E-state index contributed by atoms with van der Waals surface area (Å²) in [6.07, 6.45) is 8.29. The molecule has 6 aromatic rings. The molecule has 114 heavy (non-hydrogen) atoms. The van der Waals surface area contributed by atoms with E-state index in [1.807, 2.05) is 56.3 Å². The fraction of sp³-hybridized carbons (Fsp3) is 0.457. The minimum Gasteiger partial charge on any atom is -0.394 e. The van der Waals surface area contributed by atoms with Crippen molar-refractivity contribution in [1.29, 1.82) is 0 Å². The monoisotopic (exact) mass is 1590 g/mol. The van der Waals surface area contributed by atoms with Gasteiger partial charge in [0.05, 0.1) is 17.7 Å². The number of rotatable bonds is 44. The van der Waals surface area contributed by atoms with Crippen LogP contribution in [0.2, 0.25) is 5.02 Å². The summed E-state index contributed by atoms with van der Waals surface area (Å²) in [5.41, 5.74) is 19.3. The van der Waals surface area contributed by atoms with E-state index in [-0.39, 0.29) is 120 Å². The van der Waals surface area contributed by atoms with Gasteiger partial charge in [0.15, 0.2) is 0 Å². The summed E-state index contributed by atoms with van der Waals surface area (Å²) in [4.78, 5) is 200. The second-order valence-electron chi connectivity index (χ2n) is 29.0. The Hall–Kier alpha value is -11.5. The molecule has 0 bridgehead atoms. The molecule has 0 spiro atoms. The van der Waals surface area contributed by atoms with Crippen molar-refractivity contribution in [1.82, 2.24) is 77.9 Å². The Kier molecular flexibility index (Phi) is 35.6. The molecule has 3 aromatic carbocycles. The average Bonchev–Trinajstić information content (AvgIpc) is 1.41. The number of nitrogens with zero attached hydrogens (tertiary/aromatic N) is 5. The predicted octanol–water partition coefficient (Wildman–Crippen LogP) is 2.27. The Bertz CT molecular complexity index is 4260. The summed E-state index contributed by atoms with van der Waals surface area (Å²) in [6, 6.07) is 14.5. The van der Waals surface area contributed by atoms with Gasteiger partial charge in [-0.1, -0.05) is 86.1 Å². The highest BCUT2D eigenvalue weighted by atomic mass is 35.5. The van der Waals surface area contributed by atoms with E-state index >= 15 is 19.2 Å². The molecule has 1 saturated heterocycles. The molecule has 1 fully saturated rings. The summed E-state index contributed by atoms with van der Waals surface area (Å²) in [5.74, 6) is -9.81. The Labute approximate surface area is 667 Å². The number of nitrogens with one attached hydrogen (secondary N) is 10. The first-order valence-corrected chi connectivity index (χ1v) is 38.8. The van der Waals surface area contributed by atoms with E-state index in [4.69, 9.17) is 28.8 Å². The summed E-state index contributed by atoms with van der Waals surface area (Å²) in [7, 11) is 0. The van der Waals surface area contributed by atoms with E-state index in [0.717, 1.165) is 10.8 Å². The number of aliphatic hydroxyl groups is 1. The van der Waals surface area contributed by atoms with Gasteiger partial charge >= 0.3 is 0 Å². The molecule has 0 saturated carbocycles. The normalized spacial score (nSPS) is 14.9. The number of primary amides is 1. The zero-order chi connectivity index (χ0) is 83.0. The van der Waals surface area contributed by atoms with Crippen molar-refractivity contribution in [2.45, 2.75) is 198 Å². The lowest BCUT2D eigenvalue weighted by Crippen LogP contribution is -2.62. The number of likely N-dealkylation sites (tertiary alicyclic amines) is 1. The number of nitrogen functional groups attached to an aromatic ring is 1. The van der Waals surface area contributed by atoms with Crippen LogP contribution in [0.5, 0.6) is 0 Å². The van der Waals surface area contributed by atoms with Gasteiger partial charge in [-0.15, -0.1) is 0 Å². The summed E-state index contributed by atoms with van der Waals surface area (Å²) in [5, 5.41) is 40.5. The molecule has 612 valence electrons. The van der Waals surface area contributed by atoms with Crippen LogP contribution >= 0.6 is 11.6 Å². The first-order chi connectivity index (χ1) is 54.5. The number of carbonyl (C=O) groups excluding carboxylic acids is 13. The van der Waals surface area contributed by atoms with Crippen LogP contribution in [0, 0.1) is 5.92 Å². The van der Waals surface area contributed by atoms with Gasteiger partial charge < -0.3 is 85.3 Å². The fourth-order valence-electron chi connectivity index (χ4n) is 13.3. The van der Waals surface area contributed by atoms with Crippen LogP contribution < -0.4 is 70.4 Å². The average molecular weight is 1590 g/mol. The molecule has 17 N–H and O–H groups in total. The summed E-state index contributed by atoms with van der Waals surface area (Å²) < 4.78 is 0. The molecule has 4 heterocycles. The molecular formula is C81H107ClN18O14. The number of pyridine rings is 3. The van der Waals surface area contributed by atoms with Crippen LogP contribution in [-0.4, -0.2) is 206 Å². The van der Waals surface area contributed by atoms with E-state index < -0.39 is 150 Å². The Balaban J connectivity index is 1.18. The first kappa shape index (κ1) is 89.7. The smallest absolute Gasteiger partial charge is 0.252 e. The van der Waals surface area contributed by atoms with Gasteiger partial charge in [0.2, 0.25) is 65.0 Å². The van der Waals surface area contributed by atoms with Gasteiger partial charge in [0.1, 0.15) is 66.2 Å². The molecule has 1 aliphatic heterocycles. The van der Waals surface area contributed by atoms with E-state index in [1.165, 1.54) is 66.8 Å². The number of amides is 13. The first-order valence-electron chi connectivity index (χ1n) is 38.5. The highest BCUT2D eigenvalue weighted by Crippen LogP contribution is 2.26. The molecule has 0 radical (unpaired) electrons. The van der Waals surface area contributed by atoms with Gasteiger partial charge in [0.25, 0.3) is 11.8 Å². The maximum absolute atomic E-state index is 15.5. The van der Waals surface area contributed by atoms with Crippen molar-refractivity contribution in [2.75, 3.05) is 38.5 Å². The number of hydrogen-bond donors (Lipinski definition) is 14. The predicted molar refractivity (Wildman–Crippen MR) is 427 cm³/mol. The maximum atomic E-state index is 15.5. The number of anilines is 1. The standard InChI is InChI=1S/C81H107ClN18O14/c1-48(2)39-65(80(113)100(49(3)4)68(23-9-11-33-83)81(114)99-38-16-24-67(99)79(112)91-50(5)70(85)103)97-74(107)61(22-15-37-89-72(105)58-29-32-69(84)90-46-58)93-73(106)60(21-10-12-36-88-71(104)57-20-14-35-87-45-57)94-78(111)66(47-101)98-77(110)64(43-54-17-13-34-86-44-54)96-76(109)63(41-52-26-30-59(82)31-27-52)95-75(108)62(92-51(6)102)42-53-25-28-55-18-7-8-19-56(55)40-53/h7-8,13-14,17-20,25-32,34-35,40,44-46,48-50,60-68,101H,9-12,15-16,21-24,33,36-39,41-43,47,83H2,1-6H3,(H2,84,90)(H2,85,103)(H,88,104)(H,89,105)(H,91,112)(H,92,102)(H,93,106)(H,94,111)(H,95,108)(H,96,109)(H,97,107)(H,98,110)/t50-,60+,61-,62-,63-,64-,65+,66+,67+,68+/m1/s1. The maximum Gasteiger partial charge on any atom is 0.252 e. The molecule has 10 atom stereocenters. The number of hydrogen-bond acceptors (Lipinski definition) is 19. The minimum absolute atomic E-state index is 0.00881. The topological polar surface area (TPSA) is 486 Å². The van der Waals surface area contributed by atoms with E-state index in [9.17, 15) is 48.3 Å². The lowest BCUT2D eigenvalue weighted by Gasteiger charge is -2.40. The quantitative estimate of drug-likeness (QED) is 0.0244. The second kappa shape index (κ2) is 45.3. The lowest BCUT2D eigenvalue weighted by molar-refractivity contribution is -0.152. The third-order valence-electron chi connectivity index (χ3n) is 19.3. The molecule has 33 heteroatoms. The zero-order valence-electron chi connectivity index (χ0n) is 65.2. The second-order valence-corrected chi connectivity index (χ2v) is 29.5. The minimum atomic E-state index is -1.85. The van der Waals surface area contributed by atoms with Crippen molar-refractivity contribution in [3.8, 4) is 0 Å². The molecule has 7 rings (SSSR count). The van der Waals surface area contributed by atoms with Crippen molar-refractivity contribution in [3.05, 3.63) is 167 Å². The Morgan fingerprint density at radius 2 is 1.09 bits per heavy atom. The fourth-order valence-corrected chi connectivity index (χ4v) is 13.4. The van der Waals surface area contributed by atoms with Gasteiger partial charge in [-0.3, -0.25) is 72.3 Å². The third-order valence-corrected chi connectivity index (χ3v) is 19.5. The Morgan fingerprint density at radius 1 is 0.553 bits per heavy atom. The SMILES string of the molecule is CC(=O)N[C@H](Cc1ccc2ccccc2c1)C(=O)N[C@H](Cc1ccc(Cl)cc1)C(=O)N[C@H](Cc1cccnc1)C(=O)N[C@@H](CO)C(=O)N[C@@H](CCCCNC(=O)c1cccnc1)C(=O)N[C@H](CCCNC(=O)c1ccc(N)nc1)C(=O)N[C@@H](CC(C)C)C(=O)N(C(C)C)[C@@H](CCCCN)C(=O)N1CCC[C@H]1C(=O)N[C@H](C)C(N)=O. The highest BCUT2D eigenvalue weighted by molar-refractivity contribution is 6.30. The van der Waals surface area contributed by atoms with Gasteiger partial charge in [0, 0.05) is 87.9 Å². The van der Waals surface area contributed by atoms with Gasteiger partial charge in [-0.2, -0.15) is 0 Å². The van der Waals surface area contributed by atoms with Crippen LogP contribution in [0.15, 0.2) is 134 Å². The molecule has 13 amide bonds. The number of fused-ring (bicyclic) bond motifs is 1. The third kappa shape index (κ3) is 28.0. The molecule has 0 aliphatic carbocycles. The molecule has 1 aliphatic rings. The molecule has 32 nitrogen and oxygen atoms in total. The number of benzene rings is 3. The van der Waals surface area contributed by atoms with Crippen LogP contribution in [-0.2, 0) is 72.0 Å². The Morgan fingerprint density at radius 3 is 1.66 bits per heavy atom. The van der Waals surface area contributed by atoms with E-state index in [0.29, 0.717) is 41.0 Å². The van der Waals surface area contributed by atoms with Crippen molar-refractivity contribution in [2.24, 2.45) is 17.4 Å². The van der Waals surface area contributed by atoms with Crippen LogP contribution in [0.25, 0.3) is 10.8 Å². The number of unbranched alkanes of at least 4 members (excludes halogenated alkanes) is 2. The van der Waals surface area contributed by atoms with Gasteiger partial charge in [-0.25, -0.2) is 4.98 Å². The molecule has 3 aromatic heterocycles. The number of nitrogens with two attached hydrogens (primary N) is 3. The summed E-state index contributed by atoms with van der Waals surface area (Å²) in [6.45, 7) is 9.05. The zero-order valence-corrected chi connectivity index (χ0v) is 65.9. The number of aromatic nitrogens is 3. The summed E-state index contributed by atoms with van der Waals surface area (Å²) >= 11 is 6.27. The van der Waals surface area contributed by atoms with Crippen molar-refractivity contribution >= 4 is 105 Å². The van der Waals surface area contributed by atoms with Crippen LogP contribution in [0.1, 0.15) is 150 Å². The van der Waals surface area contributed by atoms with Crippen LogP contribution in [0.3, 0.4) is 0 Å². The van der Waals surface area contributed by atoms with Gasteiger partial charge in [-0.05, 0) is 174 Å². The van der Waals surface area contributed by atoms with Crippen molar-refractivity contribution in [3.63, 3.8) is 0 Å². The largest absolute Gasteiger partial charge is 0.394 e. The molecule has 0 unspecified atom stereocenters. The lowest BCUT2D eigenvalue weighted by atomic mass is 9.97. The van der Waals surface area contributed by atoms with Crippen LogP contribution in [0.4, 0.5) is 5.82 Å². The number of halogens is 1. The highest BCUT2D eigenvalue weighted by Gasteiger charge is 2.44. The van der Waals surface area contributed by atoms with E-state index in [2.05, 4.69) is 68.1 Å². The number of aliphatic hydroxyl groups excluding tert-OH is 1. The van der Waals surface area contributed by atoms with E-state index in [1.54, 1.807) is 62.4 Å². The van der Waals surface area contributed by atoms with Crippen molar-refractivity contribution < 1.29 is 67.4 Å². The number of carbonyl (C=O) groups is 13.